The number of hydrogen-bond donors (Lipinski definition) is 19. The van der Waals surface area contributed by atoms with Crippen LogP contribution in [0.5, 0.6) is 0 Å². The van der Waals surface area contributed by atoms with Crippen molar-refractivity contribution in [3.05, 3.63) is 11.5 Å². The van der Waals surface area contributed by atoms with Gasteiger partial charge in [0.15, 0.2) is 18.2 Å². The number of cyclic esters (lactones) is 1. The zero-order valence-corrected chi connectivity index (χ0v) is 36.7. The van der Waals surface area contributed by atoms with Crippen LogP contribution in [0.25, 0.3) is 0 Å². The first-order valence-electron chi connectivity index (χ1n) is 14.3. The second kappa shape index (κ2) is 36.2. The molecule has 0 aliphatic carbocycles. The number of rotatable bonds is 11. The molecule has 9 atom stereocenters. The summed E-state index contributed by atoms with van der Waals surface area (Å²) in [6, 6.07) is -2.63. The molecule has 1 radical (unpaired) electrons. The molecule has 0 aromatic rings. The number of thiol groups is 1. The van der Waals surface area contributed by atoms with Gasteiger partial charge in [-0.2, -0.15) is 29.5 Å². The molecule has 28 nitrogen and oxygen atoms in total. The number of carboxylic acid groups (broad SMARTS) is 2. The quantitative estimate of drug-likeness (QED) is 0.0301. The summed E-state index contributed by atoms with van der Waals surface area (Å²) in [6.07, 6.45) is -5.46. The molecule has 343 valence electrons. The summed E-state index contributed by atoms with van der Waals surface area (Å²) in [5.74, 6) is -5.03. The predicted octanol–water partition coefficient (Wildman–Crippen LogP) is -6.52. The van der Waals surface area contributed by atoms with E-state index in [1.165, 1.54) is 6.92 Å². The number of halogens is 1. The summed E-state index contributed by atoms with van der Waals surface area (Å²) >= 11 is 3.73. The molecule has 1 fully saturated rings. The molecule has 2 rings (SSSR count). The van der Waals surface area contributed by atoms with E-state index in [2.05, 4.69) is 22.7 Å². The fourth-order valence-electron chi connectivity index (χ4n) is 3.00. The van der Waals surface area contributed by atoms with Crippen LogP contribution in [-0.2, 0) is 86.0 Å². The molecule has 1 unspecified atom stereocenters. The van der Waals surface area contributed by atoms with Crippen LogP contribution in [0.3, 0.4) is 0 Å². The molecule has 0 spiro atoms. The average molecular weight is 1030 g/mol. The number of aliphatic hydroxyl groups is 8. The summed E-state index contributed by atoms with van der Waals surface area (Å²) in [5, 5.41) is 90.0. The molecule has 2 aliphatic heterocycles. The molecule has 34 heteroatoms. The average Bonchev–Trinajstić information content (AvgIpc) is 3.30. The molecule has 0 aromatic carbocycles. The van der Waals surface area contributed by atoms with Crippen molar-refractivity contribution in [1.29, 1.82) is 0 Å². The molecule has 0 aromatic heterocycles. The minimum atomic E-state index is -4.67. The number of nitrogens with two attached hydrogens (primary N) is 3. The summed E-state index contributed by atoms with van der Waals surface area (Å²) in [7, 11) is -9.33. The van der Waals surface area contributed by atoms with Gasteiger partial charge in [0.25, 0.3) is 0 Å². The molecule has 1 saturated heterocycles. The van der Waals surface area contributed by atoms with Gasteiger partial charge in [0.1, 0.15) is 36.5 Å². The smallest absolute Gasteiger partial charge is 0.394 e. The molecule has 0 bridgehead atoms. The second-order valence-corrected chi connectivity index (χ2v) is 12.2. The van der Waals surface area contributed by atoms with Gasteiger partial charge in [-0.05, 0) is 19.4 Å². The topological polar surface area (TPSA) is 528 Å². The number of amides is 1. The van der Waals surface area contributed by atoms with Crippen molar-refractivity contribution in [1.82, 2.24) is 5.32 Å². The first-order chi connectivity index (χ1) is 24.4. The third-order valence-corrected chi connectivity index (χ3v) is 5.93. The Hall–Kier alpha value is -1.66. The zero-order valence-electron chi connectivity index (χ0n) is 29.4. The first kappa shape index (κ1) is 69.9. The molecule has 57 heavy (non-hydrogen) atoms. The number of nitrogens with one attached hydrogen (secondary N) is 1. The summed E-state index contributed by atoms with van der Waals surface area (Å²) in [6.45, 7) is 0.725. The summed E-state index contributed by atoms with van der Waals surface area (Å²) in [4.78, 5) is 41.2. The van der Waals surface area contributed by atoms with E-state index in [1.807, 2.05) is 0 Å². The van der Waals surface area contributed by atoms with Gasteiger partial charge in [-0.3, -0.25) is 27.8 Å². The van der Waals surface area contributed by atoms with E-state index in [9.17, 15) is 29.4 Å². The van der Waals surface area contributed by atoms with Crippen molar-refractivity contribution in [3.63, 3.8) is 0 Å². The SMILES string of the molecule is CC(=O)N[C@@H](CS)C(=O)O.Cl.NCCCC[C@H](N)C(=O)O.N[C@H]1C(O)O[C@H](CO)[C@@H](O)[C@@H]1O.O=C1O[C@H]([C@@H](O)CO)C(O)=C1O.O=S(=O)(O)O.O=S(=O)(O)O.[Cu].[Zn]. The van der Waals surface area contributed by atoms with E-state index in [0.29, 0.717) is 13.0 Å². The number of esters is 1. The number of hydrogen-bond acceptors (Lipinski definition) is 22. The van der Waals surface area contributed by atoms with Crippen LogP contribution in [0.2, 0.25) is 0 Å². The van der Waals surface area contributed by atoms with Crippen molar-refractivity contribution in [3.8, 4) is 0 Å². The first-order valence-corrected chi connectivity index (χ1v) is 17.7. The molecule has 2 heterocycles. The Kier molecular flexibility index (Phi) is 44.4. The van der Waals surface area contributed by atoms with E-state index in [4.69, 9.17) is 97.8 Å². The molecular weight excluding hydrogens is 977 g/mol. The van der Waals surface area contributed by atoms with Crippen molar-refractivity contribution >= 4 is 69.6 Å². The Bertz CT molecular complexity index is 1340. The van der Waals surface area contributed by atoms with E-state index in [0.717, 1.165) is 12.8 Å². The van der Waals surface area contributed by atoms with Gasteiger partial charge in [0.2, 0.25) is 11.7 Å². The number of ether oxygens (including phenoxy) is 2. The van der Waals surface area contributed by atoms with Crippen LogP contribution in [0.15, 0.2) is 11.5 Å². The Labute approximate surface area is 360 Å². The Morgan fingerprint density at radius 2 is 1.37 bits per heavy atom. The predicted molar refractivity (Wildman–Crippen MR) is 186 cm³/mol. The second-order valence-electron chi connectivity index (χ2n) is 10.0. The third kappa shape index (κ3) is 39.6. The summed E-state index contributed by atoms with van der Waals surface area (Å²) in [5.41, 5.74) is 15.7. The van der Waals surface area contributed by atoms with Crippen LogP contribution < -0.4 is 22.5 Å². The standard InChI is InChI=1S/C6H14N2O2.C6H13NO5.C6H8O6.C5H9NO3S.ClH.Cu.2H2O4S.Zn/c7-4-2-1-3-5(8)6(9)10;7-3-5(10)4(9)2(1-8)12-6(3)11;7-1-2(8)5-3(9)4(10)6(11)12-5;1-3(7)6-4(2-10)5(8)9;;;2*1-5(2,3)4;/h5H,1-4,7-8H2,(H,9,10);2-6,8-11H,1,7H2;2,5,7-10H,1H2;4,10H,2H2,1H3,(H,6,7)(H,8,9);1H;;2*(H2,1,2,3,4);/t5-;2-,3-,4-,5-,6?;2-,5+;4-;;;;;/m0100...../s1. The number of unbranched alkanes of at least 4 members (excludes halogenated alkanes) is 1. The van der Waals surface area contributed by atoms with Crippen molar-refractivity contribution < 1.29 is 151 Å². The number of aliphatic hydroxyl groups excluding tert-OH is 8. The van der Waals surface area contributed by atoms with Crippen LogP contribution in [0, 0.1) is 0 Å². The fraction of sp³-hybridized carbons (Fsp3) is 0.739. The van der Waals surface area contributed by atoms with Crippen molar-refractivity contribution in [2.75, 3.05) is 25.5 Å². The van der Waals surface area contributed by atoms with Crippen molar-refractivity contribution in [2.24, 2.45) is 17.2 Å². The number of carbonyl (C=O) groups is 4. The van der Waals surface area contributed by atoms with E-state index in [-0.39, 0.29) is 60.6 Å². The van der Waals surface area contributed by atoms with Crippen molar-refractivity contribution in [2.45, 2.75) is 81.1 Å². The van der Waals surface area contributed by atoms with Crippen LogP contribution >= 0.6 is 25.0 Å². The number of carboxylic acids is 2. The third-order valence-electron chi connectivity index (χ3n) is 5.57. The largest absolute Gasteiger partial charge is 0.505 e. The molecule has 2 aliphatic rings. The van der Waals surface area contributed by atoms with Crippen LogP contribution in [0.1, 0.15) is 26.2 Å². The van der Waals surface area contributed by atoms with Gasteiger partial charge < -0.3 is 83.1 Å². The Morgan fingerprint density at radius 3 is 1.63 bits per heavy atom. The Balaban J connectivity index is -0.000000107. The molecule has 0 saturated carbocycles. The maximum absolute atomic E-state index is 10.5. The minimum absolute atomic E-state index is 0. The van der Waals surface area contributed by atoms with Gasteiger partial charge in [-0.1, -0.05) is 6.42 Å². The van der Waals surface area contributed by atoms with Gasteiger partial charge in [-0.25, -0.2) is 9.59 Å². The van der Waals surface area contributed by atoms with Crippen LogP contribution in [0.4, 0.5) is 0 Å². The Morgan fingerprint density at radius 1 is 0.930 bits per heavy atom. The maximum Gasteiger partial charge on any atom is 0.394 e. The fourth-order valence-corrected chi connectivity index (χ4v) is 3.25. The van der Waals surface area contributed by atoms with E-state index in [1.54, 1.807) is 0 Å². The number of carbonyl (C=O) groups excluding carboxylic acids is 2. The van der Waals surface area contributed by atoms with E-state index >= 15 is 0 Å². The van der Waals surface area contributed by atoms with Gasteiger partial charge in [-0.15, -0.1) is 12.4 Å². The van der Waals surface area contributed by atoms with Gasteiger partial charge in [0, 0.05) is 49.2 Å². The van der Waals surface area contributed by atoms with E-state index < -0.39 is 118 Å². The van der Waals surface area contributed by atoms with Crippen LogP contribution in [-0.4, -0.2) is 190 Å². The molecule has 21 N–H and O–H groups in total. The minimum Gasteiger partial charge on any atom is -0.505 e. The number of aliphatic carboxylic acids is 2. The van der Waals surface area contributed by atoms with Gasteiger partial charge >= 0.3 is 38.7 Å². The normalized spacial score (nSPS) is 22.3. The zero-order chi connectivity index (χ0) is 43.7. The molecule has 1 amide bonds. The van der Waals surface area contributed by atoms with Gasteiger partial charge in [0.05, 0.1) is 19.3 Å². The monoisotopic (exact) mass is 1020 g/mol. The maximum atomic E-state index is 10.5. The molecular formula is C23H49ClCuN4O24S3Zn. The summed E-state index contributed by atoms with van der Waals surface area (Å²) < 4.78 is 72.2.